The van der Waals surface area contributed by atoms with Crippen molar-refractivity contribution in [1.82, 2.24) is 5.32 Å². The lowest BCUT2D eigenvalue weighted by molar-refractivity contribution is 0.0954. The van der Waals surface area contributed by atoms with Crippen LogP contribution in [-0.4, -0.2) is 25.5 Å². The number of ether oxygens (including phenoxy) is 1. The molecule has 0 bridgehead atoms. The number of anilines is 1. The molecule has 1 heterocycles. The van der Waals surface area contributed by atoms with Crippen molar-refractivity contribution in [2.75, 3.05) is 19.0 Å². The Balaban J connectivity index is 1.50. The highest BCUT2D eigenvalue weighted by atomic mass is 32.1. The van der Waals surface area contributed by atoms with Gasteiger partial charge in [0.1, 0.15) is 10.8 Å². The van der Waals surface area contributed by atoms with E-state index in [1.165, 1.54) is 21.8 Å². The van der Waals surface area contributed by atoms with E-state index in [0.717, 1.165) is 31.2 Å². The number of hydrogen-bond acceptors (Lipinski definition) is 4. The van der Waals surface area contributed by atoms with Crippen LogP contribution in [0.3, 0.4) is 0 Å². The molecular formula is C24H24N2O3S. The van der Waals surface area contributed by atoms with Crippen molar-refractivity contribution in [2.45, 2.75) is 25.7 Å². The fourth-order valence-corrected chi connectivity index (χ4v) is 5.01. The molecule has 0 spiro atoms. The number of carbonyl (C=O) groups is 2. The van der Waals surface area contributed by atoms with Crippen LogP contribution in [0.15, 0.2) is 54.6 Å². The number of methoxy groups -OCH3 is 1. The SMILES string of the molecule is COc1cccc(C(=O)Nc2sc3c(c2C(=O)NCCc2ccccc2)CCC3)c1. The van der Waals surface area contributed by atoms with Gasteiger partial charge >= 0.3 is 0 Å². The molecular weight excluding hydrogens is 396 g/mol. The average Bonchev–Trinajstić information content (AvgIpc) is 3.35. The number of aryl methyl sites for hydroxylation is 1. The third-order valence-corrected chi connectivity index (χ3v) is 6.46. The summed E-state index contributed by atoms with van der Waals surface area (Å²) >= 11 is 1.52. The summed E-state index contributed by atoms with van der Waals surface area (Å²) in [4.78, 5) is 27.0. The molecule has 0 unspecified atom stereocenters. The summed E-state index contributed by atoms with van der Waals surface area (Å²) in [6.45, 7) is 0.552. The molecule has 1 aromatic heterocycles. The molecule has 154 valence electrons. The molecule has 3 aromatic rings. The lowest BCUT2D eigenvalue weighted by atomic mass is 10.1. The van der Waals surface area contributed by atoms with Crippen LogP contribution in [0.4, 0.5) is 5.00 Å². The van der Waals surface area contributed by atoms with Gasteiger partial charge in [0.05, 0.1) is 12.7 Å². The highest BCUT2D eigenvalue weighted by Gasteiger charge is 2.27. The summed E-state index contributed by atoms with van der Waals surface area (Å²) < 4.78 is 5.21. The fraction of sp³-hybridized carbons (Fsp3) is 0.250. The number of amides is 2. The predicted molar refractivity (Wildman–Crippen MR) is 120 cm³/mol. The van der Waals surface area contributed by atoms with Crippen molar-refractivity contribution in [2.24, 2.45) is 0 Å². The number of benzene rings is 2. The molecule has 30 heavy (non-hydrogen) atoms. The van der Waals surface area contributed by atoms with Gasteiger partial charge in [-0.3, -0.25) is 9.59 Å². The van der Waals surface area contributed by atoms with Crippen molar-refractivity contribution < 1.29 is 14.3 Å². The number of carbonyl (C=O) groups excluding carboxylic acids is 2. The molecule has 0 aliphatic heterocycles. The minimum absolute atomic E-state index is 0.119. The Bertz CT molecular complexity index is 1060. The summed E-state index contributed by atoms with van der Waals surface area (Å²) in [6, 6.07) is 17.1. The molecule has 1 aliphatic carbocycles. The number of nitrogens with one attached hydrogen (secondary N) is 2. The minimum Gasteiger partial charge on any atom is -0.497 e. The Morgan fingerprint density at radius 3 is 2.67 bits per heavy atom. The van der Waals surface area contributed by atoms with Gasteiger partial charge in [0.25, 0.3) is 11.8 Å². The van der Waals surface area contributed by atoms with Gasteiger partial charge < -0.3 is 15.4 Å². The van der Waals surface area contributed by atoms with E-state index in [1.54, 1.807) is 31.4 Å². The van der Waals surface area contributed by atoms with Crippen LogP contribution in [0.5, 0.6) is 5.75 Å². The average molecular weight is 421 g/mol. The van der Waals surface area contributed by atoms with Gasteiger partial charge in [-0.05, 0) is 55.0 Å². The minimum atomic E-state index is -0.243. The lowest BCUT2D eigenvalue weighted by Crippen LogP contribution is -2.27. The molecule has 6 heteroatoms. The molecule has 4 rings (SSSR count). The molecule has 0 atom stereocenters. The summed E-state index contributed by atoms with van der Waals surface area (Å²) in [5.74, 6) is 0.258. The van der Waals surface area contributed by atoms with Crippen molar-refractivity contribution in [3.05, 3.63) is 81.7 Å². The van der Waals surface area contributed by atoms with E-state index in [-0.39, 0.29) is 11.8 Å². The zero-order valence-electron chi connectivity index (χ0n) is 16.9. The smallest absolute Gasteiger partial charge is 0.256 e. The molecule has 0 saturated carbocycles. The molecule has 0 saturated heterocycles. The lowest BCUT2D eigenvalue weighted by Gasteiger charge is -2.10. The van der Waals surface area contributed by atoms with Gasteiger partial charge in [0.2, 0.25) is 0 Å². The van der Waals surface area contributed by atoms with Gasteiger partial charge in [-0.1, -0.05) is 36.4 Å². The zero-order chi connectivity index (χ0) is 20.9. The van der Waals surface area contributed by atoms with E-state index < -0.39 is 0 Å². The molecule has 1 aliphatic rings. The first kappa shape index (κ1) is 20.2. The Labute approximate surface area is 180 Å². The predicted octanol–water partition coefficient (Wildman–Crippen LogP) is 4.47. The maximum Gasteiger partial charge on any atom is 0.256 e. The number of rotatable bonds is 7. The van der Waals surface area contributed by atoms with E-state index in [0.29, 0.717) is 28.4 Å². The Morgan fingerprint density at radius 1 is 1.03 bits per heavy atom. The van der Waals surface area contributed by atoms with Gasteiger partial charge in [-0.15, -0.1) is 11.3 Å². The first-order chi connectivity index (χ1) is 14.7. The number of hydrogen-bond donors (Lipinski definition) is 2. The first-order valence-corrected chi connectivity index (χ1v) is 10.9. The van der Waals surface area contributed by atoms with E-state index in [9.17, 15) is 9.59 Å². The summed E-state index contributed by atoms with van der Waals surface area (Å²) in [5.41, 5.74) is 3.38. The Kier molecular flexibility index (Phi) is 6.14. The number of fused-ring (bicyclic) bond motifs is 1. The van der Waals surface area contributed by atoms with Gasteiger partial charge in [0, 0.05) is 17.0 Å². The van der Waals surface area contributed by atoms with Crippen LogP contribution in [0.2, 0.25) is 0 Å². The summed E-state index contributed by atoms with van der Waals surface area (Å²) in [5, 5.41) is 6.62. The maximum atomic E-state index is 13.0. The van der Waals surface area contributed by atoms with E-state index in [1.807, 2.05) is 30.3 Å². The Morgan fingerprint density at radius 2 is 1.87 bits per heavy atom. The fourth-order valence-electron chi connectivity index (χ4n) is 3.73. The monoisotopic (exact) mass is 420 g/mol. The van der Waals surface area contributed by atoms with E-state index in [4.69, 9.17) is 4.74 Å². The highest BCUT2D eigenvalue weighted by molar-refractivity contribution is 7.17. The first-order valence-electron chi connectivity index (χ1n) is 10.1. The van der Waals surface area contributed by atoms with Crippen LogP contribution < -0.4 is 15.4 Å². The van der Waals surface area contributed by atoms with Crippen molar-refractivity contribution in [1.29, 1.82) is 0 Å². The largest absolute Gasteiger partial charge is 0.497 e. The second-order valence-corrected chi connectivity index (χ2v) is 8.34. The van der Waals surface area contributed by atoms with E-state index in [2.05, 4.69) is 10.6 Å². The summed E-state index contributed by atoms with van der Waals surface area (Å²) in [7, 11) is 1.57. The van der Waals surface area contributed by atoms with Crippen LogP contribution in [0.1, 0.15) is 43.1 Å². The second-order valence-electron chi connectivity index (χ2n) is 7.24. The van der Waals surface area contributed by atoms with Crippen molar-refractivity contribution >= 4 is 28.2 Å². The van der Waals surface area contributed by atoms with Crippen molar-refractivity contribution in [3.8, 4) is 5.75 Å². The quantitative estimate of drug-likeness (QED) is 0.593. The molecule has 2 N–H and O–H groups in total. The normalized spacial score (nSPS) is 12.3. The zero-order valence-corrected chi connectivity index (χ0v) is 17.7. The van der Waals surface area contributed by atoms with Crippen LogP contribution in [0, 0.1) is 0 Å². The highest BCUT2D eigenvalue weighted by Crippen LogP contribution is 2.39. The molecule has 0 fully saturated rings. The van der Waals surface area contributed by atoms with Gasteiger partial charge in [-0.2, -0.15) is 0 Å². The second kappa shape index (κ2) is 9.13. The van der Waals surface area contributed by atoms with Crippen LogP contribution in [-0.2, 0) is 19.3 Å². The third-order valence-electron chi connectivity index (χ3n) is 5.25. The molecule has 2 amide bonds. The summed E-state index contributed by atoms with van der Waals surface area (Å²) in [6.07, 6.45) is 3.65. The van der Waals surface area contributed by atoms with Crippen LogP contribution >= 0.6 is 11.3 Å². The van der Waals surface area contributed by atoms with Gasteiger partial charge in [0.15, 0.2) is 0 Å². The standard InChI is InChI=1S/C24H24N2O3S/c1-29-18-10-5-9-17(15-18)22(27)26-24-21(19-11-6-12-20(19)30-24)23(28)25-14-13-16-7-3-2-4-8-16/h2-5,7-10,15H,6,11-14H2,1H3,(H,25,28)(H,26,27). The molecule has 2 aromatic carbocycles. The van der Waals surface area contributed by atoms with E-state index >= 15 is 0 Å². The Hall–Kier alpha value is -3.12. The third kappa shape index (κ3) is 4.39. The molecule has 5 nitrogen and oxygen atoms in total. The van der Waals surface area contributed by atoms with Crippen LogP contribution in [0.25, 0.3) is 0 Å². The maximum absolute atomic E-state index is 13.0. The van der Waals surface area contributed by atoms with Crippen molar-refractivity contribution in [3.63, 3.8) is 0 Å². The molecule has 0 radical (unpaired) electrons. The van der Waals surface area contributed by atoms with Gasteiger partial charge in [-0.25, -0.2) is 0 Å². The topological polar surface area (TPSA) is 67.4 Å². The number of thiophene rings is 1.